The Morgan fingerprint density at radius 1 is 1.50 bits per heavy atom. The molecule has 1 aromatic heterocycles. The van der Waals surface area contributed by atoms with Gasteiger partial charge in [0.2, 0.25) is 5.88 Å². The SMILES string of the molecule is COc1cc(NCCC2CCCNC2)nc(C)n1. The van der Waals surface area contributed by atoms with Crippen LogP contribution in [-0.4, -0.2) is 36.7 Å². The van der Waals surface area contributed by atoms with Crippen molar-refractivity contribution < 1.29 is 4.74 Å². The van der Waals surface area contributed by atoms with Gasteiger partial charge in [0.25, 0.3) is 0 Å². The lowest BCUT2D eigenvalue weighted by Crippen LogP contribution is -2.30. The van der Waals surface area contributed by atoms with Crippen molar-refractivity contribution >= 4 is 5.82 Å². The van der Waals surface area contributed by atoms with Gasteiger partial charge in [-0.2, -0.15) is 4.98 Å². The van der Waals surface area contributed by atoms with Gasteiger partial charge in [-0.05, 0) is 45.2 Å². The molecule has 0 bridgehead atoms. The van der Waals surface area contributed by atoms with Crippen LogP contribution in [-0.2, 0) is 0 Å². The van der Waals surface area contributed by atoms with Crippen molar-refractivity contribution in [2.75, 3.05) is 32.1 Å². The van der Waals surface area contributed by atoms with Crippen LogP contribution in [0.5, 0.6) is 5.88 Å². The first-order valence-corrected chi connectivity index (χ1v) is 6.62. The zero-order chi connectivity index (χ0) is 12.8. The van der Waals surface area contributed by atoms with E-state index in [0.29, 0.717) is 5.88 Å². The summed E-state index contributed by atoms with van der Waals surface area (Å²) >= 11 is 0. The fourth-order valence-corrected chi connectivity index (χ4v) is 2.31. The Morgan fingerprint density at radius 3 is 3.11 bits per heavy atom. The minimum atomic E-state index is 0.615. The zero-order valence-corrected chi connectivity index (χ0v) is 11.2. The molecule has 0 aliphatic carbocycles. The van der Waals surface area contributed by atoms with Crippen LogP contribution >= 0.6 is 0 Å². The lowest BCUT2D eigenvalue weighted by molar-refractivity contribution is 0.364. The summed E-state index contributed by atoms with van der Waals surface area (Å²) in [5.41, 5.74) is 0. The van der Waals surface area contributed by atoms with E-state index < -0.39 is 0 Å². The standard InChI is InChI=1S/C13H22N4O/c1-10-16-12(8-13(17-10)18-2)15-7-5-11-4-3-6-14-9-11/h8,11,14H,3-7,9H2,1-2H3,(H,15,16,17). The maximum Gasteiger partial charge on any atom is 0.218 e. The molecule has 2 N–H and O–H groups in total. The van der Waals surface area contributed by atoms with Crippen LogP contribution in [0.2, 0.25) is 0 Å². The Bertz CT molecular complexity index is 377. The second kappa shape index (κ2) is 6.54. The van der Waals surface area contributed by atoms with Gasteiger partial charge in [0.1, 0.15) is 11.6 Å². The van der Waals surface area contributed by atoms with Crippen LogP contribution in [0.4, 0.5) is 5.82 Å². The quantitative estimate of drug-likeness (QED) is 0.831. The van der Waals surface area contributed by atoms with Crippen molar-refractivity contribution in [2.24, 2.45) is 5.92 Å². The monoisotopic (exact) mass is 250 g/mol. The van der Waals surface area contributed by atoms with E-state index in [9.17, 15) is 0 Å². The van der Waals surface area contributed by atoms with Crippen molar-refractivity contribution in [3.05, 3.63) is 11.9 Å². The first-order chi connectivity index (χ1) is 8.78. The van der Waals surface area contributed by atoms with Crippen LogP contribution in [0, 0.1) is 12.8 Å². The molecule has 100 valence electrons. The molecule has 1 aliphatic rings. The smallest absolute Gasteiger partial charge is 0.218 e. The van der Waals surface area contributed by atoms with Gasteiger partial charge in [0.05, 0.1) is 7.11 Å². The van der Waals surface area contributed by atoms with Gasteiger partial charge in [-0.25, -0.2) is 4.98 Å². The summed E-state index contributed by atoms with van der Waals surface area (Å²) in [5, 5.41) is 6.79. The van der Waals surface area contributed by atoms with E-state index in [2.05, 4.69) is 20.6 Å². The Kier molecular flexibility index (Phi) is 4.75. The van der Waals surface area contributed by atoms with Crippen LogP contribution in [0.3, 0.4) is 0 Å². The van der Waals surface area contributed by atoms with Crippen molar-refractivity contribution in [3.63, 3.8) is 0 Å². The summed E-state index contributed by atoms with van der Waals surface area (Å²) in [7, 11) is 1.62. The Balaban J connectivity index is 1.80. The summed E-state index contributed by atoms with van der Waals surface area (Å²) in [6, 6.07) is 1.84. The van der Waals surface area contributed by atoms with E-state index in [1.54, 1.807) is 7.11 Å². The molecule has 18 heavy (non-hydrogen) atoms. The van der Waals surface area contributed by atoms with Gasteiger partial charge in [0, 0.05) is 12.6 Å². The van der Waals surface area contributed by atoms with Gasteiger partial charge in [-0.15, -0.1) is 0 Å². The largest absolute Gasteiger partial charge is 0.481 e. The van der Waals surface area contributed by atoms with Crippen LogP contribution in [0.25, 0.3) is 0 Å². The van der Waals surface area contributed by atoms with Crippen molar-refractivity contribution in [1.29, 1.82) is 0 Å². The molecule has 5 heteroatoms. The van der Waals surface area contributed by atoms with E-state index >= 15 is 0 Å². The molecular formula is C13H22N4O. The minimum Gasteiger partial charge on any atom is -0.481 e. The summed E-state index contributed by atoms with van der Waals surface area (Å²) in [6.07, 6.45) is 3.81. The highest BCUT2D eigenvalue weighted by Gasteiger charge is 2.12. The number of piperidine rings is 1. The third-order valence-electron chi connectivity index (χ3n) is 3.28. The van der Waals surface area contributed by atoms with E-state index in [1.807, 2.05) is 13.0 Å². The third kappa shape index (κ3) is 3.84. The Morgan fingerprint density at radius 2 is 2.39 bits per heavy atom. The number of rotatable bonds is 5. The highest BCUT2D eigenvalue weighted by molar-refractivity contribution is 5.38. The van der Waals surface area contributed by atoms with Crippen LogP contribution in [0.15, 0.2) is 6.07 Å². The van der Waals surface area contributed by atoms with Gasteiger partial charge >= 0.3 is 0 Å². The van der Waals surface area contributed by atoms with E-state index in [-0.39, 0.29) is 0 Å². The molecule has 0 spiro atoms. The maximum absolute atomic E-state index is 5.13. The highest BCUT2D eigenvalue weighted by atomic mass is 16.5. The lowest BCUT2D eigenvalue weighted by Gasteiger charge is -2.22. The molecule has 1 atom stereocenters. The van der Waals surface area contributed by atoms with Gasteiger partial charge in [0.15, 0.2) is 0 Å². The molecule has 0 aromatic carbocycles. The number of aromatic nitrogens is 2. The number of aryl methyl sites for hydroxylation is 1. The summed E-state index contributed by atoms with van der Waals surface area (Å²) in [6.45, 7) is 5.14. The van der Waals surface area contributed by atoms with Crippen molar-refractivity contribution in [1.82, 2.24) is 15.3 Å². The first-order valence-electron chi connectivity index (χ1n) is 6.62. The molecule has 2 rings (SSSR count). The number of ether oxygens (including phenoxy) is 1. The number of hydrogen-bond acceptors (Lipinski definition) is 5. The van der Waals surface area contributed by atoms with Crippen LogP contribution < -0.4 is 15.4 Å². The van der Waals surface area contributed by atoms with E-state index in [4.69, 9.17) is 4.74 Å². The zero-order valence-electron chi connectivity index (χ0n) is 11.2. The minimum absolute atomic E-state index is 0.615. The first kappa shape index (κ1) is 13.1. The molecule has 1 aromatic rings. The van der Waals surface area contributed by atoms with E-state index in [1.165, 1.54) is 25.8 Å². The number of hydrogen-bond donors (Lipinski definition) is 2. The molecule has 5 nitrogen and oxygen atoms in total. The van der Waals surface area contributed by atoms with Gasteiger partial charge in [-0.3, -0.25) is 0 Å². The number of methoxy groups -OCH3 is 1. The lowest BCUT2D eigenvalue weighted by atomic mass is 9.96. The summed E-state index contributed by atoms with van der Waals surface area (Å²) < 4.78 is 5.13. The molecule has 0 radical (unpaired) electrons. The molecule has 1 saturated heterocycles. The molecule has 1 aliphatic heterocycles. The predicted octanol–water partition coefficient (Wildman–Crippen LogP) is 1.60. The molecule has 0 saturated carbocycles. The van der Waals surface area contributed by atoms with E-state index in [0.717, 1.165) is 30.6 Å². The molecule has 1 fully saturated rings. The van der Waals surface area contributed by atoms with Gasteiger partial charge < -0.3 is 15.4 Å². The third-order valence-corrected chi connectivity index (χ3v) is 3.28. The average molecular weight is 250 g/mol. The maximum atomic E-state index is 5.13. The van der Waals surface area contributed by atoms with Crippen LogP contribution in [0.1, 0.15) is 25.1 Å². The number of nitrogens with zero attached hydrogens (tertiary/aromatic N) is 2. The predicted molar refractivity (Wildman–Crippen MR) is 72.0 cm³/mol. The Hall–Kier alpha value is -1.36. The molecular weight excluding hydrogens is 228 g/mol. The fraction of sp³-hybridized carbons (Fsp3) is 0.692. The molecule has 1 unspecified atom stereocenters. The topological polar surface area (TPSA) is 59.1 Å². The normalized spacial score (nSPS) is 19.6. The summed E-state index contributed by atoms with van der Waals surface area (Å²) in [4.78, 5) is 8.51. The fourth-order valence-electron chi connectivity index (χ4n) is 2.31. The molecule has 2 heterocycles. The summed E-state index contributed by atoms with van der Waals surface area (Å²) in [5.74, 6) is 2.99. The second-order valence-corrected chi connectivity index (χ2v) is 4.77. The second-order valence-electron chi connectivity index (χ2n) is 4.77. The average Bonchev–Trinajstić information content (AvgIpc) is 2.39. The molecule has 0 amide bonds. The number of anilines is 1. The van der Waals surface area contributed by atoms with Crippen molar-refractivity contribution in [3.8, 4) is 5.88 Å². The van der Waals surface area contributed by atoms with Crippen molar-refractivity contribution in [2.45, 2.75) is 26.2 Å². The van der Waals surface area contributed by atoms with Gasteiger partial charge in [-0.1, -0.05) is 0 Å². The Labute approximate surface area is 108 Å². The highest BCUT2D eigenvalue weighted by Crippen LogP contribution is 2.16. The number of nitrogens with one attached hydrogen (secondary N) is 2.